The van der Waals surface area contributed by atoms with E-state index in [1.807, 2.05) is 29.6 Å². The molecule has 0 amide bonds. The van der Waals surface area contributed by atoms with Crippen molar-refractivity contribution in [2.24, 2.45) is 0 Å². The van der Waals surface area contributed by atoms with Gasteiger partial charge in [-0.25, -0.2) is 4.98 Å². The summed E-state index contributed by atoms with van der Waals surface area (Å²) in [6, 6.07) is 7.74. The molecule has 2 N–H and O–H groups in total. The van der Waals surface area contributed by atoms with E-state index in [1.54, 1.807) is 32.5 Å². The smallest absolute Gasteiger partial charge is 0.225 e. The number of ether oxygens (including phenoxy) is 2. The van der Waals surface area contributed by atoms with Crippen molar-refractivity contribution in [1.29, 1.82) is 0 Å². The molecule has 0 aliphatic carbocycles. The Balaban J connectivity index is 1.85. The lowest BCUT2D eigenvalue weighted by molar-refractivity contribution is -0.117. The van der Waals surface area contributed by atoms with E-state index in [0.717, 1.165) is 58.8 Å². The Labute approximate surface area is 199 Å². The molecule has 0 fully saturated rings. The number of Topliss-reactive ketones (excluding diaryl/α,β-unsaturated/α-hetero) is 1. The van der Waals surface area contributed by atoms with Crippen LogP contribution in [0.15, 0.2) is 29.6 Å². The Bertz CT molecular complexity index is 1080. The predicted molar refractivity (Wildman–Crippen MR) is 136 cm³/mol. The van der Waals surface area contributed by atoms with Gasteiger partial charge in [-0.15, -0.1) is 11.3 Å². The molecular formula is C25H34N4O3S. The molecule has 2 heterocycles. The largest absolute Gasteiger partial charge is 0.497 e. The summed E-state index contributed by atoms with van der Waals surface area (Å²) in [5.41, 5.74) is 1.66. The Kier molecular flexibility index (Phi) is 8.49. The van der Waals surface area contributed by atoms with Crippen LogP contribution in [0.5, 0.6) is 11.5 Å². The maximum atomic E-state index is 11.7. The highest BCUT2D eigenvalue weighted by Crippen LogP contribution is 2.33. The van der Waals surface area contributed by atoms with Crippen molar-refractivity contribution in [2.45, 2.75) is 65.0 Å². The molecule has 0 saturated carbocycles. The number of hydrogen-bond acceptors (Lipinski definition) is 8. The molecule has 0 saturated heterocycles. The third kappa shape index (κ3) is 6.57. The Hall–Kier alpha value is -2.87. The standard InChI is InChI=1S/C25H34N4O3S/c1-6-7-12-25(3,13-10-17(2)30)29-23-22-20(11-14-33-22)27-24(28-23)26-16-18-8-9-19(31-4)15-21(18)32-5/h8-9,11,14-15H,6-7,10,12-13,16H2,1-5H3,(H2,26,27,28,29)/t25-/m1/s1. The first-order valence-corrected chi connectivity index (χ1v) is 12.2. The number of benzene rings is 1. The fourth-order valence-electron chi connectivity index (χ4n) is 3.75. The van der Waals surface area contributed by atoms with Crippen LogP contribution >= 0.6 is 11.3 Å². The highest BCUT2D eigenvalue weighted by atomic mass is 32.1. The van der Waals surface area contributed by atoms with Crippen molar-refractivity contribution in [1.82, 2.24) is 9.97 Å². The molecule has 0 unspecified atom stereocenters. The second-order valence-corrected chi connectivity index (χ2v) is 9.47. The van der Waals surface area contributed by atoms with Gasteiger partial charge in [-0.1, -0.05) is 19.8 Å². The van der Waals surface area contributed by atoms with Crippen molar-refractivity contribution in [3.63, 3.8) is 0 Å². The molecule has 8 heteroatoms. The topological polar surface area (TPSA) is 85.4 Å². The average Bonchev–Trinajstić information content (AvgIpc) is 3.29. The number of methoxy groups -OCH3 is 2. The molecule has 33 heavy (non-hydrogen) atoms. The summed E-state index contributed by atoms with van der Waals surface area (Å²) in [5.74, 6) is 3.05. The zero-order valence-electron chi connectivity index (χ0n) is 20.2. The molecule has 0 bridgehead atoms. The lowest BCUT2D eigenvalue weighted by atomic mass is 9.89. The minimum absolute atomic E-state index is 0.208. The van der Waals surface area contributed by atoms with Crippen LogP contribution in [0.3, 0.4) is 0 Å². The van der Waals surface area contributed by atoms with Crippen LogP contribution < -0.4 is 20.1 Å². The molecule has 0 radical (unpaired) electrons. The van der Waals surface area contributed by atoms with E-state index in [0.29, 0.717) is 18.9 Å². The molecular weight excluding hydrogens is 436 g/mol. The van der Waals surface area contributed by atoms with E-state index < -0.39 is 0 Å². The first-order chi connectivity index (χ1) is 15.9. The normalized spacial score (nSPS) is 12.9. The summed E-state index contributed by atoms with van der Waals surface area (Å²) in [6.07, 6.45) is 4.48. The average molecular weight is 471 g/mol. The van der Waals surface area contributed by atoms with Gasteiger partial charge in [0.2, 0.25) is 5.95 Å². The van der Waals surface area contributed by atoms with E-state index in [2.05, 4.69) is 24.5 Å². The Morgan fingerprint density at radius 2 is 1.97 bits per heavy atom. The van der Waals surface area contributed by atoms with Gasteiger partial charge >= 0.3 is 0 Å². The van der Waals surface area contributed by atoms with E-state index in [9.17, 15) is 4.79 Å². The van der Waals surface area contributed by atoms with Gasteiger partial charge in [0.1, 0.15) is 23.1 Å². The number of aromatic nitrogens is 2. The third-order valence-corrected chi connectivity index (χ3v) is 6.68. The fourth-order valence-corrected chi connectivity index (χ4v) is 4.53. The minimum Gasteiger partial charge on any atom is -0.497 e. The molecule has 7 nitrogen and oxygen atoms in total. The molecule has 2 aromatic heterocycles. The van der Waals surface area contributed by atoms with Crippen molar-refractivity contribution in [3.8, 4) is 11.5 Å². The molecule has 0 spiro atoms. The van der Waals surface area contributed by atoms with Gasteiger partial charge in [0.15, 0.2) is 0 Å². The number of carbonyl (C=O) groups excluding carboxylic acids is 1. The van der Waals surface area contributed by atoms with Crippen LogP contribution in [0.1, 0.15) is 58.4 Å². The zero-order chi connectivity index (χ0) is 23.8. The molecule has 1 aromatic carbocycles. The predicted octanol–water partition coefficient (Wildman–Crippen LogP) is 6.05. The van der Waals surface area contributed by atoms with Crippen LogP contribution in [0.25, 0.3) is 10.2 Å². The second-order valence-electron chi connectivity index (χ2n) is 8.55. The van der Waals surface area contributed by atoms with Crippen LogP contribution in [-0.4, -0.2) is 35.5 Å². The second kappa shape index (κ2) is 11.3. The number of nitrogens with one attached hydrogen (secondary N) is 2. The van der Waals surface area contributed by atoms with Crippen molar-refractivity contribution in [3.05, 3.63) is 35.2 Å². The lowest BCUT2D eigenvalue weighted by Gasteiger charge is -2.31. The first-order valence-electron chi connectivity index (χ1n) is 11.3. The van der Waals surface area contributed by atoms with Crippen LogP contribution in [0.4, 0.5) is 11.8 Å². The Morgan fingerprint density at radius 3 is 2.67 bits per heavy atom. The van der Waals surface area contributed by atoms with Crippen molar-refractivity contribution >= 4 is 39.1 Å². The van der Waals surface area contributed by atoms with E-state index in [1.165, 1.54) is 0 Å². The zero-order valence-corrected chi connectivity index (χ0v) is 21.0. The van der Waals surface area contributed by atoms with Gasteiger partial charge < -0.3 is 24.9 Å². The number of hydrogen-bond donors (Lipinski definition) is 2. The van der Waals surface area contributed by atoms with Gasteiger partial charge in [-0.2, -0.15) is 4.98 Å². The summed E-state index contributed by atoms with van der Waals surface area (Å²) in [5, 5.41) is 9.05. The van der Waals surface area contributed by atoms with Gasteiger partial charge in [0.25, 0.3) is 0 Å². The summed E-state index contributed by atoms with van der Waals surface area (Å²) in [6.45, 7) is 6.53. The quantitative estimate of drug-likeness (QED) is 0.314. The summed E-state index contributed by atoms with van der Waals surface area (Å²) in [4.78, 5) is 21.2. The number of ketones is 1. The highest BCUT2D eigenvalue weighted by Gasteiger charge is 2.26. The monoisotopic (exact) mass is 470 g/mol. The van der Waals surface area contributed by atoms with Gasteiger partial charge in [-0.3, -0.25) is 0 Å². The number of fused-ring (bicyclic) bond motifs is 1. The third-order valence-electron chi connectivity index (χ3n) is 5.77. The maximum Gasteiger partial charge on any atom is 0.225 e. The number of unbranched alkanes of at least 4 members (excludes halogenated alkanes) is 1. The molecule has 0 aliphatic heterocycles. The van der Waals surface area contributed by atoms with E-state index in [4.69, 9.17) is 19.4 Å². The van der Waals surface area contributed by atoms with Crippen LogP contribution in [0, 0.1) is 0 Å². The summed E-state index contributed by atoms with van der Waals surface area (Å²) < 4.78 is 11.8. The first kappa shape index (κ1) is 24.8. The number of rotatable bonds is 13. The number of thiophene rings is 1. The van der Waals surface area contributed by atoms with E-state index in [-0.39, 0.29) is 11.3 Å². The lowest BCUT2D eigenvalue weighted by Crippen LogP contribution is -2.35. The fraction of sp³-hybridized carbons (Fsp3) is 0.480. The molecule has 3 rings (SSSR count). The Morgan fingerprint density at radius 1 is 1.15 bits per heavy atom. The van der Waals surface area contributed by atoms with E-state index >= 15 is 0 Å². The van der Waals surface area contributed by atoms with Gasteiger partial charge in [0, 0.05) is 30.1 Å². The van der Waals surface area contributed by atoms with Crippen LogP contribution in [-0.2, 0) is 11.3 Å². The highest BCUT2D eigenvalue weighted by molar-refractivity contribution is 7.17. The van der Waals surface area contributed by atoms with Crippen molar-refractivity contribution in [2.75, 3.05) is 24.9 Å². The summed E-state index contributed by atoms with van der Waals surface area (Å²) >= 11 is 1.62. The summed E-state index contributed by atoms with van der Waals surface area (Å²) in [7, 11) is 3.28. The van der Waals surface area contributed by atoms with Gasteiger partial charge in [-0.05, 0) is 50.3 Å². The van der Waals surface area contributed by atoms with Crippen LogP contribution in [0.2, 0.25) is 0 Å². The number of anilines is 2. The minimum atomic E-state index is -0.219. The number of carbonyl (C=O) groups is 1. The van der Waals surface area contributed by atoms with Gasteiger partial charge in [0.05, 0.1) is 24.4 Å². The SMILES string of the molecule is CCCC[C@](C)(CCC(C)=O)Nc1nc(NCc2ccc(OC)cc2OC)nc2ccsc12. The molecule has 3 aromatic rings. The maximum absolute atomic E-state index is 11.7. The van der Waals surface area contributed by atoms with Crippen molar-refractivity contribution < 1.29 is 14.3 Å². The molecule has 0 aliphatic rings. The number of nitrogens with zero attached hydrogens (tertiary/aromatic N) is 2. The molecule has 1 atom stereocenters. The molecule has 178 valence electrons.